The molecule has 3 N–H and O–H groups in total. The first-order valence-corrected chi connectivity index (χ1v) is 6.71. The molecule has 19 heavy (non-hydrogen) atoms. The lowest BCUT2D eigenvalue weighted by molar-refractivity contribution is -0.115. The van der Waals surface area contributed by atoms with Crippen LogP contribution in [0.3, 0.4) is 0 Å². The predicted molar refractivity (Wildman–Crippen MR) is 73.9 cm³/mol. The molecule has 0 radical (unpaired) electrons. The van der Waals surface area contributed by atoms with Crippen molar-refractivity contribution in [3.63, 3.8) is 0 Å². The molecule has 1 aromatic heterocycles. The smallest absolute Gasteiger partial charge is 0.276 e. The molecular formula is C12H14N4O2S. The zero-order chi connectivity index (χ0) is 13.7. The third-order valence-corrected chi connectivity index (χ3v) is 3.12. The molecule has 100 valence electrons. The van der Waals surface area contributed by atoms with E-state index in [-0.39, 0.29) is 5.91 Å². The predicted octanol–water partition coefficient (Wildman–Crippen LogP) is 2.08. The second-order valence-electron chi connectivity index (χ2n) is 3.82. The van der Waals surface area contributed by atoms with Crippen LogP contribution in [0.4, 0.5) is 11.4 Å². The van der Waals surface area contributed by atoms with Crippen LogP contribution in [-0.4, -0.2) is 21.9 Å². The molecule has 0 aliphatic carbocycles. The Kier molecular flexibility index (Phi) is 4.40. The molecule has 0 unspecified atom stereocenters. The SMILES string of the molecule is Cc1nnc(SCCC(=O)Nc2ccccc2N)o1. The Labute approximate surface area is 114 Å². The van der Waals surface area contributed by atoms with Gasteiger partial charge in [0.25, 0.3) is 5.22 Å². The summed E-state index contributed by atoms with van der Waals surface area (Å²) >= 11 is 1.35. The molecule has 0 aliphatic rings. The first-order chi connectivity index (χ1) is 9.15. The van der Waals surface area contributed by atoms with Crippen molar-refractivity contribution in [3.8, 4) is 0 Å². The maximum Gasteiger partial charge on any atom is 0.276 e. The van der Waals surface area contributed by atoms with E-state index in [1.54, 1.807) is 19.1 Å². The molecule has 2 aromatic rings. The maximum absolute atomic E-state index is 11.7. The van der Waals surface area contributed by atoms with Crippen LogP contribution in [-0.2, 0) is 4.79 Å². The van der Waals surface area contributed by atoms with E-state index in [0.29, 0.717) is 34.7 Å². The Hall–Kier alpha value is -2.02. The molecule has 2 rings (SSSR count). The summed E-state index contributed by atoms with van der Waals surface area (Å²) in [5.74, 6) is 0.992. The zero-order valence-corrected chi connectivity index (χ0v) is 11.2. The van der Waals surface area contributed by atoms with Gasteiger partial charge >= 0.3 is 0 Å². The summed E-state index contributed by atoms with van der Waals surface area (Å²) < 4.78 is 5.19. The standard InChI is InChI=1S/C12H14N4O2S/c1-8-15-16-12(18-8)19-7-6-11(17)14-10-5-3-2-4-9(10)13/h2-5H,6-7,13H2,1H3,(H,14,17). The van der Waals surface area contributed by atoms with Gasteiger partial charge < -0.3 is 15.5 Å². The maximum atomic E-state index is 11.7. The van der Waals surface area contributed by atoms with Crippen LogP contribution in [0.5, 0.6) is 0 Å². The number of rotatable bonds is 5. The highest BCUT2D eigenvalue weighted by atomic mass is 32.2. The average molecular weight is 278 g/mol. The summed E-state index contributed by atoms with van der Waals surface area (Å²) in [5, 5.41) is 10.8. The number of nitrogen functional groups attached to an aromatic ring is 1. The van der Waals surface area contributed by atoms with E-state index in [4.69, 9.17) is 10.2 Å². The van der Waals surface area contributed by atoms with E-state index in [2.05, 4.69) is 15.5 Å². The van der Waals surface area contributed by atoms with Gasteiger partial charge in [0.2, 0.25) is 11.8 Å². The Morgan fingerprint density at radius 1 is 1.42 bits per heavy atom. The van der Waals surface area contributed by atoms with Crippen molar-refractivity contribution in [1.29, 1.82) is 0 Å². The Balaban J connectivity index is 1.77. The normalized spacial score (nSPS) is 10.4. The van der Waals surface area contributed by atoms with Crippen LogP contribution in [0, 0.1) is 6.92 Å². The number of hydrogen-bond donors (Lipinski definition) is 2. The number of nitrogens with zero attached hydrogens (tertiary/aromatic N) is 2. The molecule has 0 atom stereocenters. The van der Waals surface area contributed by atoms with Crippen molar-refractivity contribution in [2.75, 3.05) is 16.8 Å². The van der Waals surface area contributed by atoms with Gasteiger partial charge in [0.05, 0.1) is 11.4 Å². The minimum atomic E-state index is -0.0957. The highest BCUT2D eigenvalue weighted by molar-refractivity contribution is 7.99. The molecule has 0 spiro atoms. The van der Waals surface area contributed by atoms with E-state index < -0.39 is 0 Å². The van der Waals surface area contributed by atoms with Gasteiger partial charge in [-0.3, -0.25) is 4.79 Å². The molecule has 7 heteroatoms. The summed E-state index contributed by atoms with van der Waals surface area (Å²) in [6, 6.07) is 7.15. The third kappa shape index (κ3) is 3.99. The topological polar surface area (TPSA) is 94.0 Å². The lowest BCUT2D eigenvalue weighted by atomic mass is 10.2. The molecule has 0 fully saturated rings. The summed E-state index contributed by atoms with van der Waals surface area (Å²) in [6.07, 6.45) is 0.348. The highest BCUT2D eigenvalue weighted by Gasteiger charge is 2.07. The van der Waals surface area contributed by atoms with Gasteiger partial charge in [-0.2, -0.15) is 0 Å². The van der Waals surface area contributed by atoms with Gasteiger partial charge in [-0.15, -0.1) is 10.2 Å². The fraction of sp³-hybridized carbons (Fsp3) is 0.250. The molecule has 1 aromatic carbocycles. The largest absolute Gasteiger partial charge is 0.416 e. The molecule has 0 bridgehead atoms. The van der Waals surface area contributed by atoms with Crippen molar-refractivity contribution in [3.05, 3.63) is 30.2 Å². The van der Waals surface area contributed by atoms with Gasteiger partial charge in [0.15, 0.2) is 0 Å². The summed E-state index contributed by atoms with van der Waals surface area (Å²) in [4.78, 5) is 11.7. The Morgan fingerprint density at radius 3 is 2.89 bits per heavy atom. The molecule has 0 saturated heterocycles. The number of aromatic nitrogens is 2. The number of carbonyl (C=O) groups excluding carboxylic acids is 1. The molecular weight excluding hydrogens is 264 g/mol. The first kappa shape index (κ1) is 13.4. The Bertz CT molecular complexity index is 570. The van der Waals surface area contributed by atoms with Crippen LogP contribution in [0.1, 0.15) is 12.3 Å². The minimum Gasteiger partial charge on any atom is -0.416 e. The van der Waals surface area contributed by atoms with E-state index in [0.717, 1.165) is 0 Å². The molecule has 0 aliphatic heterocycles. The Morgan fingerprint density at radius 2 is 2.21 bits per heavy atom. The quantitative estimate of drug-likeness (QED) is 0.642. The van der Waals surface area contributed by atoms with Crippen LogP contribution in [0.15, 0.2) is 33.9 Å². The van der Waals surface area contributed by atoms with Gasteiger partial charge in [0.1, 0.15) is 0 Å². The fourth-order valence-corrected chi connectivity index (χ4v) is 2.13. The summed E-state index contributed by atoms with van der Waals surface area (Å²) in [7, 11) is 0. The molecule has 1 amide bonds. The lowest BCUT2D eigenvalue weighted by Crippen LogP contribution is -2.13. The van der Waals surface area contributed by atoms with E-state index in [1.165, 1.54) is 11.8 Å². The van der Waals surface area contributed by atoms with Crippen molar-refractivity contribution in [2.24, 2.45) is 0 Å². The zero-order valence-electron chi connectivity index (χ0n) is 10.4. The number of nitrogens with two attached hydrogens (primary N) is 1. The number of hydrogen-bond acceptors (Lipinski definition) is 6. The summed E-state index contributed by atoms with van der Waals surface area (Å²) in [6.45, 7) is 1.72. The number of anilines is 2. The lowest BCUT2D eigenvalue weighted by Gasteiger charge is -2.06. The molecule has 0 saturated carbocycles. The number of amides is 1. The number of aryl methyl sites for hydroxylation is 1. The second kappa shape index (κ2) is 6.24. The van der Waals surface area contributed by atoms with Crippen molar-refractivity contribution in [2.45, 2.75) is 18.6 Å². The minimum absolute atomic E-state index is 0.0957. The van der Waals surface area contributed by atoms with Crippen molar-refractivity contribution >= 4 is 29.0 Å². The van der Waals surface area contributed by atoms with Crippen LogP contribution < -0.4 is 11.1 Å². The molecule has 1 heterocycles. The van der Waals surface area contributed by atoms with Gasteiger partial charge in [-0.1, -0.05) is 23.9 Å². The number of benzene rings is 1. The number of thioether (sulfide) groups is 1. The fourth-order valence-electron chi connectivity index (χ4n) is 1.39. The molecule has 6 nitrogen and oxygen atoms in total. The van der Waals surface area contributed by atoms with Crippen LogP contribution in [0.25, 0.3) is 0 Å². The third-order valence-electron chi connectivity index (χ3n) is 2.30. The number of nitrogens with one attached hydrogen (secondary N) is 1. The van der Waals surface area contributed by atoms with Gasteiger partial charge in [-0.25, -0.2) is 0 Å². The first-order valence-electron chi connectivity index (χ1n) is 5.72. The van der Waals surface area contributed by atoms with Crippen molar-refractivity contribution in [1.82, 2.24) is 10.2 Å². The van der Waals surface area contributed by atoms with E-state index >= 15 is 0 Å². The van der Waals surface area contributed by atoms with E-state index in [1.807, 2.05) is 12.1 Å². The number of para-hydroxylation sites is 2. The average Bonchev–Trinajstić information content (AvgIpc) is 2.78. The van der Waals surface area contributed by atoms with Gasteiger partial charge in [-0.05, 0) is 12.1 Å². The summed E-state index contributed by atoms with van der Waals surface area (Å²) in [5.41, 5.74) is 6.92. The van der Waals surface area contributed by atoms with Gasteiger partial charge in [0, 0.05) is 19.1 Å². The number of carbonyl (C=O) groups is 1. The highest BCUT2D eigenvalue weighted by Crippen LogP contribution is 2.19. The van der Waals surface area contributed by atoms with Crippen LogP contribution >= 0.6 is 11.8 Å². The monoisotopic (exact) mass is 278 g/mol. The van der Waals surface area contributed by atoms with Crippen molar-refractivity contribution < 1.29 is 9.21 Å². The van der Waals surface area contributed by atoms with E-state index in [9.17, 15) is 4.79 Å². The second-order valence-corrected chi connectivity index (χ2v) is 4.87. The van der Waals surface area contributed by atoms with Crippen LogP contribution in [0.2, 0.25) is 0 Å².